The monoisotopic (exact) mass is 294 g/mol. The summed E-state index contributed by atoms with van der Waals surface area (Å²) in [5, 5.41) is 0. The lowest BCUT2D eigenvalue weighted by atomic mass is 10.4. The molecular weight excluding hydrogens is 284 g/mol. The molecular formula is C13H10O2S3. The van der Waals surface area contributed by atoms with Crippen molar-refractivity contribution >= 4 is 37.3 Å². The average molecular weight is 294 g/mol. The third kappa shape index (κ3) is 2.98. The second-order valence-electron chi connectivity index (χ2n) is 3.48. The Kier molecular flexibility index (Phi) is 4.16. The smallest absolute Gasteiger partial charge is 0.217 e. The highest BCUT2D eigenvalue weighted by molar-refractivity contribution is 8.44. The molecule has 2 aromatic rings. The van der Waals surface area contributed by atoms with Gasteiger partial charge in [0, 0.05) is 4.90 Å². The van der Waals surface area contributed by atoms with Crippen LogP contribution in [0.4, 0.5) is 0 Å². The highest BCUT2D eigenvalue weighted by atomic mass is 32.3. The second-order valence-corrected chi connectivity index (χ2v) is 7.64. The molecule has 2 rings (SSSR count). The van der Waals surface area contributed by atoms with Crippen LogP contribution in [-0.2, 0) is 9.84 Å². The Bertz CT molecular complexity index is 634. The number of benzene rings is 2. The molecule has 0 aliphatic carbocycles. The van der Waals surface area contributed by atoms with E-state index in [9.17, 15) is 8.42 Å². The van der Waals surface area contributed by atoms with Crippen molar-refractivity contribution in [1.29, 1.82) is 0 Å². The van der Waals surface area contributed by atoms with Crippen LogP contribution in [0.1, 0.15) is 0 Å². The van der Waals surface area contributed by atoms with Crippen molar-refractivity contribution in [3.05, 3.63) is 60.7 Å². The average Bonchev–Trinajstić information content (AvgIpc) is 2.41. The molecule has 2 aromatic carbocycles. The third-order valence-corrected chi connectivity index (χ3v) is 6.04. The molecule has 0 saturated heterocycles. The van der Waals surface area contributed by atoms with Gasteiger partial charge in [-0.1, -0.05) is 60.4 Å². The number of hydrogen-bond donors (Lipinski definition) is 0. The first-order valence-corrected chi connectivity index (χ1v) is 7.88. The summed E-state index contributed by atoms with van der Waals surface area (Å²) in [5.74, 6) is 0. The van der Waals surface area contributed by atoms with E-state index in [1.54, 1.807) is 30.3 Å². The van der Waals surface area contributed by atoms with Crippen molar-refractivity contribution < 1.29 is 8.42 Å². The lowest BCUT2D eigenvalue weighted by Crippen LogP contribution is -2.09. The Labute approximate surface area is 116 Å². The molecule has 0 aliphatic rings. The van der Waals surface area contributed by atoms with Crippen LogP contribution in [0.25, 0.3) is 0 Å². The van der Waals surface area contributed by atoms with Crippen LogP contribution >= 0.6 is 24.0 Å². The van der Waals surface area contributed by atoms with E-state index in [-0.39, 0.29) is 8.42 Å². The number of hydrogen-bond acceptors (Lipinski definition) is 4. The normalized spacial score (nSPS) is 11.1. The fourth-order valence-electron chi connectivity index (χ4n) is 1.34. The summed E-state index contributed by atoms with van der Waals surface area (Å²) in [6.07, 6.45) is 0. The van der Waals surface area contributed by atoms with E-state index in [1.807, 2.05) is 30.3 Å². The minimum atomic E-state index is -3.54. The van der Waals surface area contributed by atoms with Crippen LogP contribution in [0.2, 0.25) is 0 Å². The molecule has 0 fully saturated rings. The lowest BCUT2D eigenvalue weighted by Gasteiger charge is -2.05. The molecule has 0 aromatic heterocycles. The van der Waals surface area contributed by atoms with Crippen molar-refractivity contribution in [2.75, 3.05) is 0 Å². The molecule has 0 spiro atoms. The third-order valence-electron chi connectivity index (χ3n) is 2.22. The lowest BCUT2D eigenvalue weighted by molar-refractivity contribution is 0.608. The quantitative estimate of drug-likeness (QED) is 0.627. The summed E-state index contributed by atoms with van der Waals surface area (Å²) in [5.41, 5.74) is 0. The zero-order valence-electron chi connectivity index (χ0n) is 9.31. The summed E-state index contributed by atoms with van der Waals surface area (Å²) < 4.78 is 24.3. The summed E-state index contributed by atoms with van der Waals surface area (Å²) in [7, 11) is -3.54. The van der Waals surface area contributed by atoms with Gasteiger partial charge in [0.15, 0.2) is 3.53 Å². The molecule has 0 heterocycles. The van der Waals surface area contributed by atoms with Crippen molar-refractivity contribution in [1.82, 2.24) is 0 Å². The number of thioether (sulfide) groups is 1. The van der Waals surface area contributed by atoms with Crippen molar-refractivity contribution in [2.24, 2.45) is 0 Å². The van der Waals surface area contributed by atoms with Gasteiger partial charge >= 0.3 is 0 Å². The maximum absolute atomic E-state index is 12.2. The maximum Gasteiger partial charge on any atom is 0.223 e. The molecule has 92 valence electrons. The van der Waals surface area contributed by atoms with Gasteiger partial charge in [0.1, 0.15) is 0 Å². The first kappa shape index (κ1) is 13.3. The minimum Gasteiger partial charge on any atom is -0.217 e. The number of thiocarbonyl (C=S) groups is 1. The predicted octanol–water partition coefficient (Wildman–Crippen LogP) is 3.54. The van der Waals surface area contributed by atoms with Crippen molar-refractivity contribution in [3.63, 3.8) is 0 Å². The fraction of sp³-hybridized carbons (Fsp3) is 0. The van der Waals surface area contributed by atoms with E-state index in [1.165, 1.54) is 0 Å². The Morgan fingerprint density at radius 2 is 1.39 bits per heavy atom. The molecule has 5 heteroatoms. The van der Waals surface area contributed by atoms with Gasteiger partial charge in [-0.3, -0.25) is 0 Å². The van der Waals surface area contributed by atoms with E-state index in [2.05, 4.69) is 0 Å². The summed E-state index contributed by atoms with van der Waals surface area (Å²) >= 11 is 6.12. The van der Waals surface area contributed by atoms with Crippen LogP contribution < -0.4 is 0 Å². The van der Waals surface area contributed by atoms with Crippen LogP contribution in [0.15, 0.2) is 70.5 Å². The zero-order chi connectivity index (χ0) is 13.0. The van der Waals surface area contributed by atoms with Gasteiger partial charge in [0.2, 0.25) is 9.84 Å². The molecule has 18 heavy (non-hydrogen) atoms. The van der Waals surface area contributed by atoms with Crippen LogP contribution in [-0.4, -0.2) is 11.9 Å². The molecule has 0 radical (unpaired) electrons. The molecule has 0 aliphatic heterocycles. The van der Waals surface area contributed by atoms with Gasteiger partial charge in [0.25, 0.3) is 0 Å². The van der Waals surface area contributed by atoms with Gasteiger partial charge in [0.05, 0.1) is 4.90 Å². The topological polar surface area (TPSA) is 34.1 Å². The molecule has 0 saturated carbocycles. The highest BCUT2D eigenvalue weighted by Gasteiger charge is 2.21. The fourth-order valence-corrected chi connectivity index (χ4v) is 4.12. The Hall–Kier alpha value is -1.17. The van der Waals surface area contributed by atoms with Gasteiger partial charge in [-0.2, -0.15) is 0 Å². The summed E-state index contributed by atoms with van der Waals surface area (Å²) in [4.78, 5) is 1.06. The molecule has 0 unspecified atom stereocenters. The van der Waals surface area contributed by atoms with Gasteiger partial charge in [-0.25, -0.2) is 8.42 Å². The molecule has 0 amide bonds. The van der Waals surface area contributed by atoms with Crippen LogP contribution in [0.5, 0.6) is 0 Å². The van der Waals surface area contributed by atoms with E-state index in [0.717, 1.165) is 16.7 Å². The molecule has 0 N–H and O–H groups in total. The number of rotatable bonds is 2. The maximum atomic E-state index is 12.2. The number of sulfone groups is 1. The standard InChI is InChI=1S/C13H10O2S3/c14-18(15,12-9-5-2-6-10-12)13(16)17-11-7-3-1-4-8-11/h1-10H. The molecule has 0 bridgehead atoms. The van der Waals surface area contributed by atoms with E-state index >= 15 is 0 Å². The van der Waals surface area contributed by atoms with E-state index < -0.39 is 9.84 Å². The Balaban J connectivity index is 2.25. The second kappa shape index (κ2) is 5.65. The van der Waals surface area contributed by atoms with Crippen molar-refractivity contribution in [3.8, 4) is 0 Å². The highest BCUT2D eigenvalue weighted by Crippen LogP contribution is 2.26. The van der Waals surface area contributed by atoms with Crippen molar-refractivity contribution in [2.45, 2.75) is 9.79 Å². The predicted molar refractivity (Wildman–Crippen MR) is 78.5 cm³/mol. The van der Waals surface area contributed by atoms with E-state index in [0.29, 0.717) is 0 Å². The van der Waals surface area contributed by atoms with Gasteiger partial charge in [-0.15, -0.1) is 0 Å². The Morgan fingerprint density at radius 1 is 0.889 bits per heavy atom. The summed E-state index contributed by atoms with van der Waals surface area (Å²) in [6.45, 7) is 0. The molecule has 0 atom stereocenters. The largest absolute Gasteiger partial charge is 0.223 e. The van der Waals surface area contributed by atoms with E-state index in [4.69, 9.17) is 12.2 Å². The van der Waals surface area contributed by atoms with Crippen LogP contribution in [0, 0.1) is 0 Å². The minimum absolute atomic E-state index is 0.0279. The first-order valence-electron chi connectivity index (χ1n) is 5.18. The summed E-state index contributed by atoms with van der Waals surface area (Å²) in [6, 6.07) is 17.5. The Morgan fingerprint density at radius 3 is 1.94 bits per heavy atom. The van der Waals surface area contributed by atoms with Gasteiger partial charge in [-0.05, 0) is 24.3 Å². The van der Waals surface area contributed by atoms with Gasteiger partial charge < -0.3 is 0 Å². The van der Waals surface area contributed by atoms with Crippen LogP contribution in [0.3, 0.4) is 0 Å². The SMILES string of the molecule is O=S(=O)(C(=S)Sc1ccccc1)c1ccccc1. The zero-order valence-corrected chi connectivity index (χ0v) is 11.8. The molecule has 2 nitrogen and oxygen atoms in total. The first-order chi connectivity index (χ1) is 8.60.